The van der Waals surface area contributed by atoms with Crippen LogP contribution in [0.25, 0.3) is 0 Å². The van der Waals surface area contributed by atoms with Gasteiger partial charge in [0.2, 0.25) is 5.91 Å². The van der Waals surface area contributed by atoms with Gasteiger partial charge in [-0.3, -0.25) is 9.36 Å². The zero-order chi connectivity index (χ0) is 18.9. The molecule has 0 aliphatic carbocycles. The average Bonchev–Trinajstić information content (AvgIpc) is 2.99. The summed E-state index contributed by atoms with van der Waals surface area (Å²) in [7, 11) is -3.57. The van der Waals surface area contributed by atoms with Crippen molar-refractivity contribution in [3.05, 3.63) is 35.9 Å². The van der Waals surface area contributed by atoms with Crippen molar-refractivity contribution in [3.8, 4) is 0 Å². The minimum atomic E-state index is -3.57. The second kappa shape index (κ2) is 10.3. The number of hydrogen-bond acceptors (Lipinski definition) is 6. The quantitative estimate of drug-likeness (QED) is 0.674. The molecular weight excluding hydrogens is 345 g/mol. The first-order valence-corrected chi connectivity index (χ1v) is 10.2. The van der Waals surface area contributed by atoms with Crippen molar-refractivity contribution in [1.29, 1.82) is 0 Å². The number of rotatable bonds is 7. The van der Waals surface area contributed by atoms with E-state index in [1.165, 1.54) is 0 Å². The van der Waals surface area contributed by atoms with E-state index < -0.39 is 31.8 Å². The van der Waals surface area contributed by atoms with Crippen LogP contribution in [-0.2, 0) is 23.1 Å². The van der Waals surface area contributed by atoms with Crippen molar-refractivity contribution in [3.63, 3.8) is 0 Å². The molecule has 8 heteroatoms. The molecule has 1 saturated heterocycles. The lowest BCUT2D eigenvalue weighted by Crippen LogP contribution is -2.36. The summed E-state index contributed by atoms with van der Waals surface area (Å²) in [6, 6.07) is 8.53. The van der Waals surface area contributed by atoms with E-state index in [2.05, 4.69) is 0 Å². The van der Waals surface area contributed by atoms with E-state index in [4.69, 9.17) is 13.8 Å². The monoisotopic (exact) mass is 371 g/mol. The number of hydrogen-bond donors (Lipinski definition) is 0. The third kappa shape index (κ3) is 5.66. The lowest BCUT2D eigenvalue weighted by atomic mass is 10.1. The molecule has 7 nitrogen and oxygen atoms in total. The number of nitrogens with zero attached hydrogens (tertiary/aromatic N) is 1. The summed E-state index contributed by atoms with van der Waals surface area (Å²) in [5, 5.41) is 0. The lowest BCUT2D eigenvalue weighted by molar-refractivity contribution is -0.126. The molecule has 1 aliphatic rings. The fourth-order valence-corrected chi connectivity index (χ4v) is 3.91. The Bertz CT molecular complexity index is 596. The van der Waals surface area contributed by atoms with Crippen LogP contribution in [0.2, 0.25) is 0 Å². The molecule has 1 atom stereocenters. The van der Waals surface area contributed by atoms with Crippen LogP contribution >= 0.6 is 7.60 Å². The number of carbonyl (C=O) groups is 2. The van der Waals surface area contributed by atoms with Crippen LogP contribution in [0.3, 0.4) is 0 Å². The van der Waals surface area contributed by atoms with E-state index in [1.807, 2.05) is 32.0 Å². The van der Waals surface area contributed by atoms with Gasteiger partial charge in [0, 0.05) is 0 Å². The lowest BCUT2D eigenvalue weighted by Gasteiger charge is -2.22. The first-order chi connectivity index (χ1) is 12.0. The predicted molar refractivity (Wildman–Crippen MR) is 94.5 cm³/mol. The Kier molecular flexibility index (Phi) is 8.83. The van der Waals surface area contributed by atoms with Crippen LogP contribution in [0.15, 0.2) is 30.3 Å². The van der Waals surface area contributed by atoms with Crippen LogP contribution in [-0.4, -0.2) is 42.9 Å². The second-order valence-corrected chi connectivity index (χ2v) is 6.93. The number of imide groups is 1. The Morgan fingerprint density at radius 2 is 1.76 bits per heavy atom. The SMILES string of the molecule is CC.CCOP(=O)(CC(=O)N1C(=O)OCC1c1ccccc1)OCC. The largest absolute Gasteiger partial charge is 0.446 e. The van der Waals surface area contributed by atoms with Crippen LogP contribution < -0.4 is 0 Å². The minimum absolute atomic E-state index is 0.0716. The minimum Gasteiger partial charge on any atom is -0.446 e. The molecular formula is C17H26NO6P. The van der Waals surface area contributed by atoms with Crippen LogP contribution in [0.4, 0.5) is 4.79 Å². The van der Waals surface area contributed by atoms with Gasteiger partial charge in [-0.05, 0) is 19.4 Å². The highest BCUT2D eigenvalue weighted by atomic mass is 31.2. The summed E-state index contributed by atoms with van der Waals surface area (Å²) in [6.07, 6.45) is -1.24. The van der Waals surface area contributed by atoms with E-state index in [0.29, 0.717) is 0 Å². The van der Waals surface area contributed by atoms with Crippen molar-refractivity contribution >= 4 is 19.6 Å². The first kappa shape index (κ1) is 21.4. The Morgan fingerprint density at radius 3 is 2.28 bits per heavy atom. The van der Waals surface area contributed by atoms with Crippen LogP contribution in [0.5, 0.6) is 0 Å². The average molecular weight is 371 g/mol. The van der Waals surface area contributed by atoms with E-state index >= 15 is 0 Å². The molecule has 1 fully saturated rings. The van der Waals surface area contributed by atoms with E-state index in [9.17, 15) is 14.2 Å². The first-order valence-electron chi connectivity index (χ1n) is 8.42. The topological polar surface area (TPSA) is 82.1 Å². The van der Waals surface area contributed by atoms with E-state index in [-0.39, 0.29) is 19.8 Å². The summed E-state index contributed by atoms with van der Waals surface area (Å²) in [6.45, 7) is 7.69. The van der Waals surface area contributed by atoms with E-state index in [1.54, 1.807) is 26.0 Å². The summed E-state index contributed by atoms with van der Waals surface area (Å²) < 4.78 is 27.7. The van der Waals surface area contributed by atoms with Crippen molar-refractivity contribution in [2.45, 2.75) is 33.7 Å². The molecule has 25 heavy (non-hydrogen) atoms. The maximum atomic E-state index is 12.5. The molecule has 1 heterocycles. The summed E-state index contributed by atoms with van der Waals surface area (Å²) in [5.74, 6) is -0.633. The number of cyclic esters (lactones) is 1. The molecule has 0 radical (unpaired) electrons. The maximum Gasteiger partial charge on any atom is 0.417 e. The van der Waals surface area contributed by atoms with Gasteiger partial charge >= 0.3 is 13.7 Å². The summed E-state index contributed by atoms with van der Waals surface area (Å²) in [4.78, 5) is 25.4. The zero-order valence-corrected chi connectivity index (χ0v) is 16.0. The van der Waals surface area contributed by atoms with Gasteiger partial charge < -0.3 is 13.8 Å². The van der Waals surface area contributed by atoms with Gasteiger partial charge in [0.25, 0.3) is 0 Å². The van der Waals surface area contributed by atoms with Crippen molar-refractivity contribution in [2.75, 3.05) is 26.0 Å². The van der Waals surface area contributed by atoms with Gasteiger partial charge in [0.05, 0.1) is 13.2 Å². The summed E-state index contributed by atoms with van der Waals surface area (Å²) in [5.41, 5.74) is 0.773. The fraction of sp³-hybridized carbons (Fsp3) is 0.529. The maximum absolute atomic E-state index is 12.5. The Labute approximate surface area is 148 Å². The van der Waals surface area contributed by atoms with Crippen LogP contribution in [0, 0.1) is 0 Å². The van der Waals surface area contributed by atoms with Gasteiger partial charge in [0.1, 0.15) is 18.8 Å². The van der Waals surface area contributed by atoms with Crippen molar-refractivity contribution in [2.24, 2.45) is 0 Å². The third-order valence-electron chi connectivity index (χ3n) is 3.31. The molecule has 0 spiro atoms. The highest BCUT2D eigenvalue weighted by Gasteiger charge is 2.42. The predicted octanol–water partition coefficient (Wildman–Crippen LogP) is 4.00. The second-order valence-electron chi connectivity index (χ2n) is 4.87. The van der Waals surface area contributed by atoms with E-state index in [0.717, 1.165) is 10.5 Å². The molecule has 1 aliphatic heterocycles. The van der Waals surface area contributed by atoms with Gasteiger partial charge in [0.15, 0.2) is 0 Å². The normalized spacial score (nSPS) is 16.9. The molecule has 1 unspecified atom stereocenters. The Hall–Kier alpha value is -1.69. The molecule has 1 aromatic carbocycles. The smallest absolute Gasteiger partial charge is 0.417 e. The van der Waals surface area contributed by atoms with Gasteiger partial charge in [-0.15, -0.1) is 0 Å². The zero-order valence-electron chi connectivity index (χ0n) is 15.1. The van der Waals surface area contributed by atoms with Crippen molar-refractivity contribution in [1.82, 2.24) is 4.90 Å². The number of amides is 2. The highest BCUT2D eigenvalue weighted by molar-refractivity contribution is 7.54. The number of ether oxygens (including phenoxy) is 1. The Balaban J connectivity index is 0.00000151. The summed E-state index contributed by atoms with van der Waals surface area (Å²) >= 11 is 0. The molecule has 1 aromatic rings. The highest BCUT2D eigenvalue weighted by Crippen LogP contribution is 2.48. The molecule has 0 saturated carbocycles. The Morgan fingerprint density at radius 1 is 1.20 bits per heavy atom. The third-order valence-corrected chi connectivity index (χ3v) is 5.27. The molecule has 2 rings (SSSR count). The van der Waals surface area contributed by atoms with Gasteiger partial charge in [-0.25, -0.2) is 9.69 Å². The van der Waals surface area contributed by atoms with Gasteiger partial charge in [-0.1, -0.05) is 44.2 Å². The number of benzene rings is 1. The number of carbonyl (C=O) groups excluding carboxylic acids is 2. The molecule has 0 N–H and O–H groups in total. The fourth-order valence-electron chi connectivity index (χ4n) is 2.38. The molecule has 0 aromatic heterocycles. The molecule has 140 valence electrons. The standard InChI is InChI=1S/C15H20NO6P.C2H6/c1-3-21-23(19,22-4-2)11-14(17)16-13(10-20-15(16)18)12-8-6-5-7-9-12;1-2/h5-9,13H,3-4,10-11H2,1-2H3;1-2H3. The molecule has 2 amide bonds. The van der Waals surface area contributed by atoms with Gasteiger partial charge in [-0.2, -0.15) is 0 Å². The molecule has 0 bridgehead atoms. The van der Waals surface area contributed by atoms with Crippen LogP contribution in [0.1, 0.15) is 39.3 Å². The van der Waals surface area contributed by atoms with Crippen molar-refractivity contribution < 1.29 is 27.9 Å².